The molecule has 6 heteroatoms. The summed E-state index contributed by atoms with van der Waals surface area (Å²) in [5, 5.41) is 5.15. The molecular formula is C17H11BrCl2N2O. The second-order valence-corrected chi connectivity index (χ2v) is 6.23. The van der Waals surface area contributed by atoms with Crippen molar-refractivity contribution in [3.05, 3.63) is 69.8 Å². The van der Waals surface area contributed by atoms with Gasteiger partial charge in [0, 0.05) is 16.9 Å². The molecule has 0 spiro atoms. The maximum atomic E-state index is 12.5. The quantitative estimate of drug-likeness (QED) is 0.564. The molecule has 0 aliphatic heterocycles. The molecule has 1 heterocycles. The molecule has 3 nitrogen and oxygen atoms in total. The minimum atomic E-state index is -0.362. The number of halogens is 3. The Morgan fingerprint density at radius 2 is 1.78 bits per heavy atom. The van der Waals surface area contributed by atoms with Gasteiger partial charge >= 0.3 is 0 Å². The van der Waals surface area contributed by atoms with E-state index >= 15 is 0 Å². The zero-order valence-corrected chi connectivity index (χ0v) is 14.9. The molecule has 3 aromatic rings. The summed E-state index contributed by atoms with van der Waals surface area (Å²) in [6, 6.07) is 12.5. The Morgan fingerprint density at radius 1 is 1.09 bits per heavy atom. The van der Waals surface area contributed by atoms with Gasteiger partial charge in [-0.1, -0.05) is 57.3 Å². The first kappa shape index (κ1) is 16.2. The Kier molecular flexibility index (Phi) is 4.85. The standard InChI is InChI=1S/C17H11BrCl2N2O/c18-9-10-7-8-21-16-11(10)3-1-6-14(16)22-17(23)15-12(19)4-2-5-13(15)20/h1-8H,9H2,(H,22,23). The van der Waals surface area contributed by atoms with Crippen LogP contribution < -0.4 is 5.32 Å². The summed E-state index contributed by atoms with van der Waals surface area (Å²) < 4.78 is 0. The van der Waals surface area contributed by atoms with Crippen molar-refractivity contribution in [2.24, 2.45) is 0 Å². The molecule has 0 saturated carbocycles. The van der Waals surface area contributed by atoms with Crippen LogP contribution >= 0.6 is 39.1 Å². The minimum Gasteiger partial charge on any atom is -0.320 e. The fourth-order valence-corrected chi connectivity index (χ4v) is 3.41. The van der Waals surface area contributed by atoms with Crippen LogP contribution in [0.2, 0.25) is 10.0 Å². The van der Waals surface area contributed by atoms with Gasteiger partial charge in [-0.2, -0.15) is 0 Å². The normalized spacial score (nSPS) is 10.7. The van der Waals surface area contributed by atoms with Crippen molar-refractivity contribution in [3.63, 3.8) is 0 Å². The molecule has 116 valence electrons. The van der Waals surface area contributed by atoms with E-state index in [1.54, 1.807) is 30.5 Å². The third-order valence-corrected chi connectivity index (χ3v) is 4.68. The zero-order chi connectivity index (χ0) is 16.4. The first-order valence-electron chi connectivity index (χ1n) is 6.79. The SMILES string of the molecule is O=C(Nc1cccc2c(CBr)ccnc12)c1c(Cl)cccc1Cl. The zero-order valence-electron chi connectivity index (χ0n) is 11.8. The van der Waals surface area contributed by atoms with Gasteiger partial charge in [-0.05, 0) is 29.8 Å². The highest BCUT2D eigenvalue weighted by Gasteiger charge is 2.16. The van der Waals surface area contributed by atoms with E-state index < -0.39 is 0 Å². The number of rotatable bonds is 3. The van der Waals surface area contributed by atoms with Crippen molar-refractivity contribution < 1.29 is 4.79 Å². The maximum Gasteiger partial charge on any atom is 0.258 e. The number of hydrogen-bond acceptors (Lipinski definition) is 2. The van der Waals surface area contributed by atoms with Gasteiger partial charge in [0.25, 0.3) is 5.91 Å². The van der Waals surface area contributed by atoms with E-state index in [4.69, 9.17) is 23.2 Å². The molecule has 1 amide bonds. The monoisotopic (exact) mass is 408 g/mol. The fraction of sp³-hybridized carbons (Fsp3) is 0.0588. The number of pyridine rings is 1. The van der Waals surface area contributed by atoms with E-state index in [2.05, 4.69) is 26.2 Å². The van der Waals surface area contributed by atoms with Crippen LogP contribution in [0.4, 0.5) is 5.69 Å². The van der Waals surface area contributed by atoms with Gasteiger partial charge in [0.1, 0.15) is 0 Å². The number of anilines is 1. The van der Waals surface area contributed by atoms with E-state index in [1.165, 1.54) is 0 Å². The highest BCUT2D eigenvalue weighted by Crippen LogP contribution is 2.28. The molecule has 23 heavy (non-hydrogen) atoms. The smallest absolute Gasteiger partial charge is 0.258 e. The molecule has 0 atom stereocenters. The molecule has 0 radical (unpaired) electrons. The van der Waals surface area contributed by atoms with Crippen LogP contribution in [-0.2, 0) is 5.33 Å². The van der Waals surface area contributed by atoms with E-state index in [9.17, 15) is 4.79 Å². The summed E-state index contributed by atoms with van der Waals surface area (Å²) in [5.74, 6) is -0.362. The molecule has 0 saturated heterocycles. The van der Waals surface area contributed by atoms with E-state index in [-0.39, 0.29) is 11.5 Å². The molecule has 1 aromatic heterocycles. The van der Waals surface area contributed by atoms with Crippen molar-refractivity contribution in [2.45, 2.75) is 5.33 Å². The number of amides is 1. The number of para-hydroxylation sites is 1. The highest BCUT2D eigenvalue weighted by atomic mass is 79.9. The highest BCUT2D eigenvalue weighted by molar-refractivity contribution is 9.08. The van der Waals surface area contributed by atoms with Crippen LogP contribution in [0.15, 0.2) is 48.7 Å². The summed E-state index contributed by atoms with van der Waals surface area (Å²) in [7, 11) is 0. The second kappa shape index (κ2) is 6.87. The maximum absolute atomic E-state index is 12.5. The molecule has 0 aliphatic carbocycles. The average Bonchev–Trinajstić information content (AvgIpc) is 2.54. The number of benzene rings is 2. The van der Waals surface area contributed by atoms with E-state index in [0.29, 0.717) is 21.1 Å². The minimum absolute atomic E-state index is 0.254. The molecule has 0 fully saturated rings. The molecule has 0 bridgehead atoms. The Bertz CT molecular complexity index is 879. The van der Waals surface area contributed by atoms with E-state index in [0.717, 1.165) is 16.5 Å². The van der Waals surface area contributed by atoms with Crippen LogP contribution in [0.5, 0.6) is 0 Å². The number of fused-ring (bicyclic) bond motifs is 1. The number of carbonyl (C=O) groups is 1. The van der Waals surface area contributed by atoms with Crippen molar-refractivity contribution >= 4 is 61.6 Å². The van der Waals surface area contributed by atoms with Gasteiger partial charge in [0.15, 0.2) is 0 Å². The summed E-state index contributed by atoms with van der Waals surface area (Å²) >= 11 is 15.6. The molecule has 1 N–H and O–H groups in total. The fourth-order valence-electron chi connectivity index (χ4n) is 2.35. The van der Waals surface area contributed by atoms with E-state index in [1.807, 2.05) is 18.2 Å². The Morgan fingerprint density at radius 3 is 2.48 bits per heavy atom. The predicted molar refractivity (Wildman–Crippen MR) is 98.8 cm³/mol. The lowest BCUT2D eigenvalue weighted by molar-refractivity contribution is 0.102. The summed E-state index contributed by atoms with van der Waals surface area (Å²) in [6.45, 7) is 0. The largest absolute Gasteiger partial charge is 0.320 e. The van der Waals surface area contributed by atoms with Crippen molar-refractivity contribution in [1.29, 1.82) is 0 Å². The number of alkyl halides is 1. The van der Waals surface area contributed by atoms with Gasteiger partial charge in [-0.25, -0.2) is 0 Å². The number of aromatic nitrogens is 1. The number of carbonyl (C=O) groups excluding carboxylic acids is 1. The van der Waals surface area contributed by atoms with Gasteiger partial charge in [0.05, 0.1) is 26.8 Å². The Balaban J connectivity index is 2.04. The second-order valence-electron chi connectivity index (χ2n) is 4.86. The van der Waals surface area contributed by atoms with Crippen LogP contribution in [-0.4, -0.2) is 10.9 Å². The number of nitrogens with zero attached hydrogens (tertiary/aromatic N) is 1. The Hall–Kier alpha value is -1.62. The summed E-state index contributed by atoms with van der Waals surface area (Å²) in [6.07, 6.45) is 1.72. The van der Waals surface area contributed by atoms with Crippen LogP contribution in [0.3, 0.4) is 0 Å². The molecular weight excluding hydrogens is 399 g/mol. The first-order valence-corrected chi connectivity index (χ1v) is 8.67. The van der Waals surface area contributed by atoms with Crippen molar-refractivity contribution in [1.82, 2.24) is 4.98 Å². The van der Waals surface area contributed by atoms with Crippen LogP contribution in [0.25, 0.3) is 10.9 Å². The molecule has 3 rings (SSSR count). The average molecular weight is 410 g/mol. The number of hydrogen-bond donors (Lipinski definition) is 1. The lowest BCUT2D eigenvalue weighted by Gasteiger charge is -2.11. The first-order chi connectivity index (χ1) is 11.1. The van der Waals surface area contributed by atoms with Crippen LogP contribution in [0.1, 0.15) is 15.9 Å². The lowest BCUT2D eigenvalue weighted by Crippen LogP contribution is -2.13. The third-order valence-electron chi connectivity index (χ3n) is 3.44. The van der Waals surface area contributed by atoms with Gasteiger partial charge in [-0.3, -0.25) is 9.78 Å². The van der Waals surface area contributed by atoms with Gasteiger partial charge in [-0.15, -0.1) is 0 Å². The number of nitrogens with one attached hydrogen (secondary N) is 1. The topological polar surface area (TPSA) is 42.0 Å². The van der Waals surface area contributed by atoms with Crippen LogP contribution in [0, 0.1) is 0 Å². The Labute approximate surface area is 151 Å². The molecule has 0 aliphatic rings. The van der Waals surface area contributed by atoms with Gasteiger partial charge < -0.3 is 5.32 Å². The third kappa shape index (κ3) is 3.20. The predicted octanol–water partition coefficient (Wildman–Crippen LogP) is 5.69. The molecule has 0 unspecified atom stereocenters. The summed E-state index contributed by atoms with van der Waals surface area (Å²) in [5.41, 5.74) is 2.69. The van der Waals surface area contributed by atoms with Crippen molar-refractivity contribution in [3.8, 4) is 0 Å². The lowest BCUT2D eigenvalue weighted by atomic mass is 10.1. The van der Waals surface area contributed by atoms with Gasteiger partial charge in [0.2, 0.25) is 0 Å². The summed E-state index contributed by atoms with van der Waals surface area (Å²) in [4.78, 5) is 16.9. The molecule has 2 aromatic carbocycles. The van der Waals surface area contributed by atoms with Crippen molar-refractivity contribution in [2.75, 3.05) is 5.32 Å².